The minimum absolute atomic E-state index is 0.0133. The summed E-state index contributed by atoms with van der Waals surface area (Å²) >= 11 is 2.89. The van der Waals surface area contributed by atoms with Gasteiger partial charge in [0.05, 0.1) is 16.3 Å². The van der Waals surface area contributed by atoms with Crippen LogP contribution in [0.1, 0.15) is 49.7 Å². The Kier molecular flexibility index (Phi) is 15.3. The standard InChI is InChI=1S/C38H62N8O4S2Si2/c1-28-24-33(41-42-34(28)40-37-46(27-49-22-23-53(8,9)10)31-17-13-14-18-32(31)52-37)45(36-39-30(26-51-36)35(47)48)19-15-16-29(25-44(7)21-20-43(5)6)50-54(11,12)38(2,3)4/h13-14,17-18,24,26,29H,15-16,19-23,25,27H2,1-12H3,(H,47,48)/b40-37-. The van der Waals surface area contributed by atoms with Gasteiger partial charge >= 0.3 is 5.97 Å². The maximum absolute atomic E-state index is 11.8. The van der Waals surface area contributed by atoms with Crippen LogP contribution in [0.5, 0.6) is 0 Å². The normalized spacial score (nSPS) is 13.8. The van der Waals surface area contributed by atoms with Crippen molar-refractivity contribution in [3.8, 4) is 0 Å². The van der Waals surface area contributed by atoms with E-state index in [0.29, 0.717) is 36.6 Å². The molecule has 54 heavy (non-hydrogen) atoms. The second-order valence-corrected chi connectivity index (χ2v) is 29.4. The minimum Gasteiger partial charge on any atom is -0.476 e. The molecule has 16 heteroatoms. The Bertz CT molecular complexity index is 1900. The number of aromatic carboxylic acids is 1. The molecule has 0 aliphatic carbocycles. The third-order valence-corrected chi connectivity index (χ3v) is 18.0. The SMILES string of the molecule is Cc1cc(N(CCCC(CN(C)CCN(C)C)O[Si](C)(C)C(C)(C)C)c2nc(C(=O)O)cs2)nnc1/N=c1\sc2ccccc2n1COCC[Si](C)(C)C. The van der Waals surface area contributed by atoms with Crippen LogP contribution in [-0.2, 0) is 15.9 Å². The predicted molar refractivity (Wildman–Crippen MR) is 229 cm³/mol. The number of thiazole rings is 2. The van der Waals surface area contributed by atoms with Crippen molar-refractivity contribution in [1.29, 1.82) is 0 Å². The third-order valence-electron chi connectivity index (χ3n) is 9.79. The molecule has 4 rings (SSSR count). The Labute approximate surface area is 332 Å². The van der Waals surface area contributed by atoms with Crippen LogP contribution in [0.3, 0.4) is 0 Å². The van der Waals surface area contributed by atoms with E-state index in [1.54, 1.807) is 16.7 Å². The highest BCUT2D eigenvalue weighted by Crippen LogP contribution is 2.38. The van der Waals surface area contributed by atoms with Gasteiger partial charge in [0.1, 0.15) is 6.73 Å². The molecule has 1 N–H and O–H groups in total. The summed E-state index contributed by atoms with van der Waals surface area (Å²) in [7, 11) is 3.09. The van der Waals surface area contributed by atoms with E-state index in [1.807, 2.05) is 30.0 Å². The lowest BCUT2D eigenvalue weighted by Gasteiger charge is -2.40. The number of anilines is 2. The van der Waals surface area contributed by atoms with Gasteiger partial charge in [0.25, 0.3) is 0 Å². The first-order valence-electron chi connectivity index (χ1n) is 18.8. The molecular formula is C38H62N8O4S2Si2. The Morgan fingerprint density at radius 3 is 2.41 bits per heavy atom. The predicted octanol–water partition coefficient (Wildman–Crippen LogP) is 8.30. The van der Waals surface area contributed by atoms with Crippen molar-refractivity contribution in [3.63, 3.8) is 0 Å². The number of hydrogen-bond acceptors (Lipinski definition) is 12. The van der Waals surface area contributed by atoms with Crippen LogP contribution >= 0.6 is 22.7 Å². The number of fused-ring (bicyclic) bond motifs is 1. The average Bonchev–Trinajstić information content (AvgIpc) is 3.69. The van der Waals surface area contributed by atoms with Gasteiger partial charge in [-0.1, -0.05) is 63.9 Å². The number of nitrogens with zero attached hydrogens (tertiary/aromatic N) is 8. The van der Waals surface area contributed by atoms with E-state index >= 15 is 0 Å². The zero-order valence-corrected chi connectivity index (χ0v) is 38.1. The summed E-state index contributed by atoms with van der Waals surface area (Å²) in [5, 5.41) is 21.2. The van der Waals surface area contributed by atoms with Crippen molar-refractivity contribution in [2.45, 2.75) is 97.2 Å². The zero-order valence-electron chi connectivity index (χ0n) is 34.5. The largest absolute Gasteiger partial charge is 0.476 e. The van der Waals surface area contributed by atoms with Crippen LogP contribution in [0.15, 0.2) is 40.7 Å². The monoisotopic (exact) mass is 814 g/mol. The molecule has 3 aromatic heterocycles. The average molecular weight is 815 g/mol. The zero-order chi connectivity index (χ0) is 39.8. The van der Waals surface area contributed by atoms with Crippen molar-refractivity contribution in [2.24, 2.45) is 4.99 Å². The summed E-state index contributed by atoms with van der Waals surface area (Å²) in [6, 6.07) is 11.3. The summed E-state index contributed by atoms with van der Waals surface area (Å²) < 4.78 is 16.4. The molecule has 12 nitrogen and oxygen atoms in total. The smallest absolute Gasteiger partial charge is 0.355 e. The number of carbonyl (C=O) groups is 1. The molecule has 0 saturated carbocycles. The van der Waals surface area contributed by atoms with Gasteiger partial charge in [-0.25, -0.2) is 9.78 Å². The van der Waals surface area contributed by atoms with Gasteiger partial charge in [0.15, 0.2) is 35.6 Å². The molecule has 0 aliphatic heterocycles. The fourth-order valence-corrected chi connectivity index (χ4v) is 9.41. The molecule has 3 heterocycles. The first-order valence-corrected chi connectivity index (χ1v) is 27.1. The lowest BCUT2D eigenvalue weighted by atomic mass is 10.2. The van der Waals surface area contributed by atoms with Crippen LogP contribution in [0.2, 0.25) is 43.8 Å². The molecule has 298 valence electrons. The van der Waals surface area contributed by atoms with Gasteiger partial charge in [0.2, 0.25) is 0 Å². The lowest BCUT2D eigenvalue weighted by Crippen LogP contribution is -2.47. The third kappa shape index (κ3) is 12.6. The number of aromatic nitrogens is 4. The van der Waals surface area contributed by atoms with Gasteiger partial charge in [-0.3, -0.25) is 4.57 Å². The number of aryl methyl sites for hydroxylation is 1. The summed E-state index contributed by atoms with van der Waals surface area (Å²) in [6.45, 7) is 24.9. The van der Waals surface area contributed by atoms with E-state index in [-0.39, 0.29) is 16.8 Å². The highest BCUT2D eigenvalue weighted by atomic mass is 32.1. The van der Waals surface area contributed by atoms with Crippen LogP contribution < -0.4 is 9.70 Å². The first kappa shape index (κ1) is 43.9. The van der Waals surface area contributed by atoms with Crippen LogP contribution in [-0.4, -0.2) is 117 Å². The molecule has 1 atom stereocenters. The highest BCUT2D eigenvalue weighted by molar-refractivity contribution is 7.16. The number of rotatable bonds is 20. The highest BCUT2D eigenvalue weighted by Gasteiger charge is 2.39. The lowest BCUT2D eigenvalue weighted by molar-refractivity contribution is 0.0691. The number of carboxylic acids is 1. The second kappa shape index (κ2) is 18.9. The van der Waals surface area contributed by atoms with Crippen molar-refractivity contribution in [3.05, 3.63) is 51.8 Å². The first-order chi connectivity index (χ1) is 25.2. The molecule has 0 aliphatic rings. The number of para-hydroxylation sites is 1. The van der Waals surface area contributed by atoms with E-state index in [4.69, 9.17) is 14.2 Å². The molecule has 4 aromatic rings. The van der Waals surface area contributed by atoms with Gasteiger partial charge < -0.3 is 29.0 Å². The molecule has 0 saturated heterocycles. The Morgan fingerprint density at radius 2 is 1.78 bits per heavy atom. The number of hydrogen-bond donors (Lipinski definition) is 1. The molecule has 0 fully saturated rings. The molecule has 1 aromatic carbocycles. The van der Waals surface area contributed by atoms with Crippen molar-refractivity contribution >= 4 is 72.0 Å². The van der Waals surface area contributed by atoms with Crippen molar-refractivity contribution in [1.82, 2.24) is 29.5 Å². The van der Waals surface area contributed by atoms with Gasteiger partial charge in [-0.05, 0) is 88.8 Å². The summed E-state index contributed by atoms with van der Waals surface area (Å²) in [5.74, 6) is 0.0650. The Balaban J connectivity index is 1.61. The maximum Gasteiger partial charge on any atom is 0.355 e. The molecule has 0 bridgehead atoms. The van der Waals surface area contributed by atoms with Gasteiger partial charge in [0, 0.05) is 46.2 Å². The Hall–Kier alpha value is -2.84. The number of carboxylic acid groups (broad SMARTS) is 1. The number of ether oxygens (including phenoxy) is 1. The van der Waals surface area contributed by atoms with E-state index < -0.39 is 22.4 Å². The van der Waals surface area contributed by atoms with E-state index in [2.05, 4.69) is 116 Å². The number of benzene rings is 1. The summed E-state index contributed by atoms with van der Waals surface area (Å²) in [5.41, 5.74) is 1.94. The summed E-state index contributed by atoms with van der Waals surface area (Å²) in [6.07, 6.45) is 1.67. The molecule has 0 radical (unpaired) electrons. The van der Waals surface area contributed by atoms with Crippen LogP contribution in [0, 0.1) is 6.92 Å². The quantitative estimate of drug-likeness (QED) is 0.0689. The van der Waals surface area contributed by atoms with Gasteiger partial charge in [-0.15, -0.1) is 21.5 Å². The molecular weight excluding hydrogens is 753 g/mol. The van der Waals surface area contributed by atoms with Crippen LogP contribution in [0.4, 0.5) is 16.8 Å². The Morgan fingerprint density at radius 1 is 1.06 bits per heavy atom. The number of likely N-dealkylation sites (N-methyl/N-ethyl adjacent to an activating group) is 2. The van der Waals surface area contributed by atoms with Crippen molar-refractivity contribution < 1.29 is 19.1 Å². The molecule has 0 spiro atoms. The molecule has 1 unspecified atom stereocenters. The molecule has 0 amide bonds. The fraction of sp³-hybridized carbons (Fsp3) is 0.605. The fourth-order valence-electron chi connectivity index (χ4n) is 5.42. The van der Waals surface area contributed by atoms with Crippen LogP contribution in [0.25, 0.3) is 10.2 Å². The van der Waals surface area contributed by atoms with Crippen molar-refractivity contribution in [2.75, 3.05) is 58.8 Å². The van der Waals surface area contributed by atoms with E-state index in [1.165, 1.54) is 11.3 Å². The maximum atomic E-state index is 11.8. The topological polar surface area (TPSA) is 121 Å². The summed E-state index contributed by atoms with van der Waals surface area (Å²) in [4.78, 5) is 28.6. The second-order valence-electron chi connectivity index (χ2n) is 17.1. The van der Waals surface area contributed by atoms with E-state index in [9.17, 15) is 9.90 Å². The van der Waals surface area contributed by atoms with Gasteiger partial charge in [-0.2, -0.15) is 4.99 Å². The minimum atomic E-state index is -2.04. The van der Waals surface area contributed by atoms with E-state index in [0.717, 1.165) is 59.1 Å².